The Kier molecular flexibility index (Phi) is 3.50. The zero-order valence-corrected chi connectivity index (χ0v) is 14.6. The third-order valence-corrected chi connectivity index (χ3v) is 5.68. The van der Waals surface area contributed by atoms with Crippen LogP contribution < -0.4 is 5.11 Å². The van der Waals surface area contributed by atoms with Crippen LogP contribution in [0.4, 0.5) is 5.69 Å². The van der Waals surface area contributed by atoms with Crippen molar-refractivity contribution < 1.29 is 10.0 Å². The Morgan fingerprint density at radius 2 is 1.89 bits per heavy atom. The number of hydrogen-bond acceptors (Lipinski definition) is 4. The van der Waals surface area contributed by atoms with Crippen molar-refractivity contribution in [1.29, 1.82) is 0 Å². The Morgan fingerprint density at radius 1 is 1.07 bits per heavy atom. The number of pyridine rings is 1. The van der Waals surface area contributed by atoms with Gasteiger partial charge in [0.15, 0.2) is 0 Å². The van der Waals surface area contributed by atoms with Crippen LogP contribution in [0.3, 0.4) is 0 Å². The number of non-ortho nitro benzene ring substituents is 1. The number of nitro groups is 1. The van der Waals surface area contributed by atoms with E-state index in [-0.39, 0.29) is 28.2 Å². The monoisotopic (exact) mass is 357 g/mol. The van der Waals surface area contributed by atoms with Gasteiger partial charge in [0.05, 0.1) is 10.4 Å². The van der Waals surface area contributed by atoms with E-state index in [1.165, 1.54) is 6.07 Å². The van der Waals surface area contributed by atoms with Gasteiger partial charge in [-0.05, 0) is 53.9 Å². The van der Waals surface area contributed by atoms with Crippen LogP contribution in [-0.4, -0.2) is 9.91 Å². The fourth-order valence-electron chi connectivity index (χ4n) is 4.64. The van der Waals surface area contributed by atoms with Crippen LogP contribution in [0, 0.1) is 16.0 Å². The largest absolute Gasteiger partial charge is 0.876 e. The maximum absolute atomic E-state index is 12.2. The molecule has 134 valence electrons. The Bertz CT molecular complexity index is 1110. The summed E-state index contributed by atoms with van der Waals surface area (Å²) >= 11 is 0. The highest BCUT2D eigenvalue weighted by Gasteiger charge is 2.33. The summed E-state index contributed by atoms with van der Waals surface area (Å²) in [5.41, 5.74) is 4.97. The van der Waals surface area contributed by atoms with Gasteiger partial charge in [0.25, 0.3) is 5.69 Å². The lowest BCUT2D eigenvalue weighted by Crippen LogP contribution is -2.27. The van der Waals surface area contributed by atoms with E-state index in [0.29, 0.717) is 6.42 Å². The standard InChI is InChI=1S/C22H18N2O3/c25-17-9-13-8-15(11-17)22-20(10-13)23-19-7-6-16(24(26)27)12-18(19)21(22)14-4-2-1-3-5-14/h1-7,9,12-13,15,25H,8,10-11H2/p-1/t13-,15+/m1/s1. The van der Waals surface area contributed by atoms with Gasteiger partial charge in [0.2, 0.25) is 0 Å². The van der Waals surface area contributed by atoms with E-state index >= 15 is 0 Å². The van der Waals surface area contributed by atoms with Crippen LogP contribution in [0.15, 0.2) is 60.4 Å². The summed E-state index contributed by atoms with van der Waals surface area (Å²) in [6, 6.07) is 14.8. The Morgan fingerprint density at radius 3 is 2.67 bits per heavy atom. The molecular formula is C22H17N2O3-. The SMILES string of the molecule is O=[N+]([O-])c1ccc2nc3c(c(-c4ccccc4)c2c1)[C@@H]1CC([O-])=C[C@H](C3)C1. The molecule has 2 atom stereocenters. The fourth-order valence-corrected chi connectivity index (χ4v) is 4.64. The van der Waals surface area contributed by atoms with Crippen LogP contribution >= 0.6 is 0 Å². The minimum atomic E-state index is -0.372. The molecule has 3 aromatic rings. The highest BCUT2D eigenvalue weighted by atomic mass is 16.6. The zero-order chi connectivity index (χ0) is 18.5. The lowest BCUT2D eigenvalue weighted by Gasteiger charge is -2.38. The van der Waals surface area contributed by atoms with E-state index in [9.17, 15) is 15.2 Å². The van der Waals surface area contributed by atoms with Crippen molar-refractivity contribution in [2.45, 2.75) is 25.2 Å². The maximum atomic E-state index is 12.2. The van der Waals surface area contributed by atoms with Crippen molar-refractivity contribution in [2.24, 2.45) is 5.92 Å². The summed E-state index contributed by atoms with van der Waals surface area (Å²) in [6.07, 6.45) is 4.04. The fraction of sp³-hybridized carbons (Fsp3) is 0.227. The Hall–Kier alpha value is -3.21. The number of allylic oxidation sites excluding steroid dienone is 2. The molecule has 0 saturated carbocycles. The van der Waals surface area contributed by atoms with Crippen LogP contribution in [0.2, 0.25) is 0 Å². The zero-order valence-electron chi connectivity index (χ0n) is 14.6. The molecule has 2 aliphatic carbocycles. The predicted molar refractivity (Wildman–Crippen MR) is 101 cm³/mol. The van der Waals surface area contributed by atoms with E-state index in [4.69, 9.17) is 4.98 Å². The molecular weight excluding hydrogens is 340 g/mol. The highest BCUT2D eigenvalue weighted by Crippen LogP contribution is 2.48. The summed E-state index contributed by atoms with van der Waals surface area (Å²) in [6.45, 7) is 0. The first-order valence-corrected chi connectivity index (χ1v) is 9.14. The lowest BCUT2D eigenvalue weighted by molar-refractivity contribution is -0.384. The molecule has 5 rings (SSSR count). The average Bonchev–Trinajstić information content (AvgIpc) is 2.66. The number of rotatable bonds is 2. The van der Waals surface area contributed by atoms with Crippen LogP contribution in [0.1, 0.15) is 30.0 Å². The van der Waals surface area contributed by atoms with E-state index in [2.05, 4.69) is 0 Å². The molecule has 0 amide bonds. The molecule has 0 fully saturated rings. The van der Waals surface area contributed by atoms with Gasteiger partial charge in [-0.1, -0.05) is 36.4 Å². The molecule has 0 aliphatic heterocycles. The van der Waals surface area contributed by atoms with Crippen LogP contribution in [0.5, 0.6) is 0 Å². The van der Waals surface area contributed by atoms with Gasteiger partial charge in [0.1, 0.15) is 0 Å². The van der Waals surface area contributed by atoms with Crippen molar-refractivity contribution in [2.75, 3.05) is 0 Å². The topological polar surface area (TPSA) is 79.1 Å². The van der Waals surface area contributed by atoms with E-state index in [1.54, 1.807) is 12.1 Å². The lowest BCUT2D eigenvalue weighted by atomic mass is 9.71. The first kappa shape index (κ1) is 16.0. The molecule has 27 heavy (non-hydrogen) atoms. The van der Waals surface area contributed by atoms with Gasteiger partial charge in [-0.2, -0.15) is 0 Å². The third kappa shape index (κ3) is 2.58. The van der Waals surface area contributed by atoms with E-state index in [1.807, 2.05) is 36.4 Å². The third-order valence-electron chi connectivity index (χ3n) is 5.68. The van der Waals surface area contributed by atoms with Gasteiger partial charge in [0, 0.05) is 23.2 Å². The van der Waals surface area contributed by atoms with E-state index in [0.717, 1.165) is 46.1 Å². The molecule has 1 heterocycles. The molecule has 5 nitrogen and oxygen atoms in total. The molecule has 5 heteroatoms. The average molecular weight is 357 g/mol. The van der Waals surface area contributed by atoms with E-state index < -0.39 is 0 Å². The molecule has 0 saturated heterocycles. The van der Waals surface area contributed by atoms with Crippen molar-refractivity contribution in [1.82, 2.24) is 4.98 Å². The second-order valence-electron chi connectivity index (χ2n) is 7.41. The van der Waals surface area contributed by atoms with Crippen molar-refractivity contribution in [3.63, 3.8) is 0 Å². The van der Waals surface area contributed by atoms with Crippen molar-refractivity contribution >= 4 is 16.6 Å². The number of nitro benzene ring substituents is 1. The number of benzene rings is 2. The summed E-state index contributed by atoms with van der Waals surface area (Å²) in [5, 5.41) is 24.3. The van der Waals surface area contributed by atoms with Crippen molar-refractivity contribution in [3.05, 3.63) is 81.7 Å². The first-order valence-electron chi connectivity index (χ1n) is 9.14. The second kappa shape index (κ2) is 5.91. The normalized spacial score (nSPS) is 20.8. The number of aromatic nitrogens is 1. The summed E-state index contributed by atoms with van der Waals surface area (Å²) in [5.74, 6) is 0.568. The van der Waals surface area contributed by atoms with Gasteiger partial charge in [-0.3, -0.25) is 15.1 Å². The molecule has 0 radical (unpaired) electrons. The highest BCUT2D eigenvalue weighted by molar-refractivity contribution is 5.98. The van der Waals surface area contributed by atoms with Gasteiger partial charge >= 0.3 is 0 Å². The molecule has 2 bridgehead atoms. The minimum absolute atomic E-state index is 0.0585. The molecule has 2 aliphatic rings. The molecule has 0 N–H and O–H groups in total. The number of fused-ring (bicyclic) bond motifs is 5. The molecule has 0 spiro atoms. The van der Waals surface area contributed by atoms with Gasteiger partial charge in [-0.25, -0.2) is 0 Å². The van der Waals surface area contributed by atoms with Crippen LogP contribution in [0.25, 0.3) is 22.0 Å². The predicted octanol–water partition coefficient (Wildman–Crippen LogP) is 4.10. The summed E-state index contributed by atoms with van der Waals surface area (Å²) in [7, 11) is 0. The minimum Gasteiger partial charge on any atom is -0.876 e. The number of hydrogen-bond donors (Lipinski definition) is 0. The van der Waals surface area contributed by atoms with Gasteiger partial charge in [-0.15, -0.1) is 5.76 Å². The quantitative estimate of drug-likeness (QED) is 0.511. The van der Waals surface area contributed by atoms with Gasteiger partial charge < -0.3 is 5.11 Å². The maximum Gasteiger partial charge on any atom is 0.270 e. The van der Waals surface area contributed by atoms with Crippen LogP contribution in [-0.2, 0) is 6.42 Å². The Labute approximate surface area is 156 Å². The summed E-state index contributed by atoms with van der Waals surface area (Å²) in [4.78, 5) is 15.8. The Balaban J connectivity index is 1.86. The molecule has 1 aromatic heterocycles. The molecule has 2 aromatic carbocycles. The summed E-state index contributed by atoms with van der Waals surface area (Å²) < 4.78 is 0. The smallest absolute Gasteiger partial charge is 0.270 e. The second-order valence-corrected chi connectivity index (χ2v) is 7.41. The molecule has 0 unspecified atom stereocenters. The van der Waals surface area contributed by atoms with Crippen molar-refractivity contribution in [3.8, 4) is 11.1 Å². The number of nitrogens with zero attached hydrogens (tertiary/aromatic N) is 2. The first-order chi connectivity index (χ1) is 13.1.